The molecule has 0 bridgehead atoms. The maximum atomic E-state index is 8.36. The summed E-state index contributed by atoms with van der Waals surface area (Å²) < 4.78 is 8.36. The monoisotopic (exact) mass is 188 g/mol. The Morgan fingerprint density at radius 2 is 0.636 bits per heavy atom. The fourth-order valence-electron chi connectivity index (χ4n) is 0. The van der Waals surface area contributed by atoms with E-state index in [2.05, 4.69) is 0 Å². The molecule has 11 heteroatoms. The van der Waals surface area contributed by atoms with Crippen molar-refractivity contribution in [2.75, 3.05) is 0 Å². The zero-order chi connectivity index (χ0) is 2.71. The molecule has 0 aliphatic rings. The van der Waals surface area contributed by atoms with Crippen molar-refractivity contribution in [1.29, 1.82) is 0 Å². The van der Waals surface area contributed by atoms with Gasteiger partial charge in [-0.05, 0) is 0 Å². The van der Waals surface area contributed by atoms with Crippen LogP contribution in [0.15, 0.2) is 0 Å². The third-order valence-corrected chi connectivity index (χ3v) is 0. The van der Waals surface area contributed by atoms with E-state index < -0.39 is 0 Å². The van der Waals surface area contributed by atoms with Crippen molar-refractivity contribution in [2.24, 2.45) is 0 Å². The van der Waals surface area contributed by atoms with Gasteiger partial charge in [-0.2, -0.15) is 0 Å². The van der Waals surface area contributed by atoms with Crippen molar-refractivity contribution < 1.29 is 53.5 Å². The molecule has 10 nitrogen and oxygen atoms in total. The minimum atomic E-state index is -0.250. The van der Waals surface area contributed by atoms with Crippen molar-refractivity contribution in [3.8, 4) is 0 Å². The predicted octanol–water partition coefficient (Wildman–Crippen LogP) is -7.65. The van der Waals surface area contributed by atoms with Crippen LogP contribution in [0.1, 0.15) is 0 Å². The second-order valence-electron chi connectivity index (χ2n) is 0.105. The van der Waals surface area contributed by atoms with Gasteiger partial charge < -0.3 is 43.8 Å². The Morgan fingerprint density at radius 1 is 0.636 bits per heavy atom. The van der Waals surface area contributed by atoms with Crippen LogP contribution in [0.4, 0.5) is 0 Å². The summed E-state index contributed by atoms with van der Waals surface area (Å²) in [5.41, 5.74) is 0. The first-order valence-corrected chi connectivity index (χ1v) is 0.494. The van der Waals surface area contributed by atoms with Gasteiger partial charge >= 0.3 is 17.1 Å². The molecule has 0 atom stereocenters. The van der Waals surface area contributed by atoms with Crippen molar-refractivity contribution in [3.63, 3.8) is 0 Å². The topological polar surface area (TPSA) is 289 Å². The maximum absolute atomic E-state index is 8.36. The van der Waals surface area contributed by atoms with E-state index in [1.807, 2.05) is 0 Å². The van der Waals surface area contributed by atoms with Crippen LogP contribution >= 0.6 is 0 Å². The quantitative estimate of drug-likeness (QED) is 0.361. The summed E-state index contributed by atoms with van der Waals surface area (Å²) >= 11 is 0. The van der Waals surface area contributed by atoms with Gasteiger partial charge in [0.15, 0.2) is 0 Å². The first-order chi connectivity index (χ1) is 1.41. The molecule has 0 aromatic carbocycles. The van der Waals surface area contributed by atoms with Crippen LogP contribution < -0.4 is 0 Å². The Kier molecular flexibility index (Phi) is 248000. The molecular formula is H17BO10. The zero-order valence-electron chi connectivity index (χ0n) is 5.43. The second kappa shape index (κ2) is 5470. The predicted molar refractivity (Wildman–Crippen MR) is 37.6 cm³/mol. The van der Waals surface area contributed by atoms with Gasteiger partial charge in [-0.15, -0.1) is 0 Å². The van der Waals surface area contributed by atoms with Crippen LogP contribution in [0.3, 0.4) is 0 Å². The van der Waals surface area contributed by atoms with Crippen LogP contribution in [-0.4, -0.2) is 56.2 Å². The fraction of sp³-hybridized carbons (Fsp3) is 0. The summed E-state index contributed by atoms with van der Waals surface area (Å²) in [6.07, 6.45) is 0. The molecule has 0 aromatic rings. The van der Waals surface area contributed by atoms with E-state index >= 15 is 0 Å². The molecule has 0 fully saturated rings. The fourth-order valence-corrected chi connectivity index (χ4v) is 0. The van der Waals surface area contributed by atoms with Crippen molar-refractivity contribution >= 4 is 7.35 Å². The van der Waals surface area contributed by atoms with Crippen LogP contribution in [0.25, 0.3) is 0 Å². The van der Waals surface area contributed by atoms with Crippen LogP contribution in [-0.2, 0) is 4.70 Å². The number of hydrogen-bond donors (Lipinski definition) is 1. The second-order valence-corrected chi connectivity index (χ2v) is 0.105. The Bertz CT molecular complexity index is 12.3. The third-order valence-electron chi connectivity index (χ3n) is 0. The summed E-state index contributed by atoms with van der Waals surface area (Å²) in [4.78, 5) is 0. The van der Waals surface area contributed by atoms with E-state index in [-0.39, 0.29) is 51.2 Å². The average molecular weight is 188 g/mol. The van der Waals surface area contributed by atoms with Crippen LogP contribution in [0.2, 0.25) is 0 Å². The van der Waals surface area contributed by atoms with E-state index in [1.165, 1.54) is 0 Å². The molecule has 0 aliphatic heterocycles. The molecule has 80 valence electrons. The van der Waals surface area contributed by atoms with Crippen LogP contribution in [0.5, 0.6) is 0 Å². The zero-order valence-corrected chi connectivity index (χ0v) is 5.43. The van der Waals surface area contributed by atoms with Gasteiger partial charge in [0.2, 0.25) is 0 Å². The van der Waals surface area contributed by atoms with Crippen molar-refractivity contribution in [1.82, 2.24) is 0 Å². The normalized spacial score (nSPS) is 0.727. The Morgan fingerprint density at radius 3 is 0.636 bits per heavy atom. The Hall–Kier alpha value is -0.655. The van der Waals surface area contributed by atoms with Gasteiger partial charge in [-0.25, -0.2) is 0 Å². The molecule has 0 unspecified atom stereocenters. The van der Waals surface area contributed by atoms with Gasteiger partial charge in [0, 0.05) is 0 Å². The number of hydrogen-bond acceptors (Lipinski definition) is 1. The van der Waals surface area contributed by atoms with Crippen LogP contribution in [0, 0.1) is 0 Å². The van der Waals surface area contributed by atoms with Gasteiger partial charge in [0.1, 0.15) is 0 Å². The summed E-state index contributed by atoms with van der Waals surface area (Å²) in [5.74, 6) is 0. The summed E-state index contributed by atoms with van der Waals surface area (Å²) in [5, 5.41) is 6.89. The molecule has 0 radical (unpaired) electrons. The first-order valence-electron chi connectivity index (χ1n) is 0.494. The average Bonchev–Trinajstić information content (AvgIpc) is 0.918. The molecule has 0 saturated heterocycles. The summed E-state index contributed by atoms with van der Waals surface area (Å²) in [6, 6.07) is 0. The van der Waals surface area contributed by atoms with E-state index in [1.54, 1.807) is 0 Å². The van der Waals surface area contributed by atoms with Gasteiger partial charge in [-0.3, -0.25) is 0 Å². The van der Waals surface area contributed by atoms with E-state index in [9.17, 15) is 0 Å². The minimum absolute atomic E-state index is 0. The first kappa shape index (κ1) is 499. The molecule has 11 heavy (non-hydrogen) atoms. The molecule has 0 heterocycles. The molecule has 0 spiro atoms. The molecule has 0 aliphatic carbocycles. The molecule has 0 amide bonds. The van der Waals surface area contributed by atoms with E-state index in [0.29, 0.717) is 0 Å². The molecular weight excluding hydrogens is 171 g/mol. The summed E-state index contributed by atoms with van der Waals surface area (Å²) in [7, 11) is -0.250. The standard InChI is InChI=1S/BHO2.8H2O/c2-1-3;;;;;;;;/h2H;8*1H2. The van der Waals surface area contributed by atoms with Gasteiger partial charge in [-0.1, -0.05) is 0 Å². The summed E-state index contributed by atoms with van der Waals surface area (Å²) in [6.45, 7) is 0. The van der Waals surface area contributed by atoms with Gasteiger partial charge in [0.05, 0.1) is 0 Å². The molecule has 17 N–H and O–H groups in total. The number of rotatable bonds is 0. The van der Waals surface area contributed by atoms with Gasteiger partial charge in [0.25, 0.3) is 0 Å². The SMILES string of the molecule is O.O.O.O.O.O.O.O.O=BO. The molecule has 0 aromatic heterocycles. The van der Waals surface area contributed by atoms with E-state index in [4.69, 9.17) is 9.73 Å². The van der Waals surface area contributed by atoms with E-state index in [0.717, 1.165) is 0 Å². The Balaban J connectivity index is -0.000000000714. The molecule has 0 saturated carbocycles. The Labute approximate surface area is 62.2 Å². The molecule has 0 rings (SSSR count). The third kappa shape index (κ3) is 1170. The van der Waals surface area contributed by atoms with Crippen molar-refractivity contribution in [3.05, 3.63) is 0 Å². The van der Waals surface area contributed by atoms with Crippen molar-refractivity contribution in [2.45, 2.75) is 0 Å².